The summed E-state index contributed by atoms with van der Waals surface area (Å²) in [6, 6.07) is 11.5. The molecule has 0 aliphatic carbocycles. The summed E-state index contributed by atoms with van der Waals surface area (Å²) in [5.41, 5.74) is 0.231. The van der Waals surface area contributed by atoms with Crippen LogP contribution in [0, 0.1) is 0 Å². The molecule has 2 aromatic carbocycles. The predicted octanol–water partition coefficient (Wildman–Crippen LogP) is 9.21. The van der Waals surface area contributed by atoms with E-state index in [2.05, 4.69) is 13.8 Å². The first-order valence-electron chi connectivity index (χ1n) is 14.0. The predicted molar refractivity (Wildman–Crippen MR) is 147 cm³/mol. The molecule has 0 saturated carbocycles. The van der Waals surface area contributed by atoms with E-state index in [0.717, 1.165) is 35.1 Å². The van der Waals surface area contributed by atoms with Gasteiger partial charge in [-0.05, 0) is 43.2 Å². The molecule has 35 heavy (non-hydrogen) atoms. The fourth-order valence-electron chi connectivity index (χ4n) is 4.57. The number of hydrogen-bond acceptors (Lipinski definition) is 4. The second-order valence-electron chi connectivity index (χ2n) is 9.69. The van der Waals surface area contributed by atoms with Crippen molar-refractivity contribution in [3.8, 4) is 11.5 Å². The number of hydrogen-bond donors (Lipinski definition) is 0. The lowest BCUT2D eigenvalue weighted by molar-refractivity contribution is 0.304. The largest absolute Gasteiger partial charge is 0.494 e. The first-order chi connectivity index (χ1) is 17.2. The minimum absolute atomic E-state index is 0.335. The molecule has 0 atom stereocenters. The Hall–Kier alpha value is -2.49. The van der Waals surface area contributed by atoms with Crippen LogP contribution in [0.2, 0.25) is 0 Å². The van der Waals surface area contributed by atoms with Crippen LogP contribution in [-0.4, -0.2) is 13.2 Å². The Morgan fingerprint density at radius 1 is 0.571 bits per heavy atom. The highest BCUT2D eigenvalue weighted by Gasteiger charge is 2.10. The highest BCUT2D eigenvalue weighted by atomic mass is 16.5. The van der Waals surface area contributed by atoms with Crippen LogP contribution in [0.15, 0.2) is 45.6 Å². The number of fused-ring (bicyclic) bond motifs is 3. The van der Waals surface area contributed by atoms with Crippen molar-refractivity contribution in [2.45, 2.75) is 104 Å². The molecule has 0 unspecified atom stereocenters. The van der Waals surface area contributed by atoms with Crippen molar-refractivity contribution < 1.29 is 13.9 Å². The molecular weight excluding hydrogens is 436 g/mol. The van der Waals surface area contributed by atoms with Crippen molar-refractivity contribution >= 4 is 21.7 Å². The van der Waals surface area contributed by atoms with E-state index in [0.29, 0.717) is 24.2 Å². The van der Waals surface area contributed by atoms with E-state index in [-0.39, 0.29) is 5.63 Å². The Balaban J connectivity index is 1.52. The Bertz CT molecular complexity index is 1070. The fourth-order valence-corrected chi connectivity index (χ4v) is 4.57. The van der Waals surface area contributed by atoms with Gasteiger partial charge in [0, 0.05) is 16.8 Å². The molecule has 0 bridgehead atoms. The third-order valence-electron chi connectivity index (χ3n) is 6.69. The molecule has 4 heteroatoms. The van der Waals surface area contributed by atoms with E-state index in [1.54, 1.807) is 0 Å². The second-order valence-corrected chi connectivity index (χ2v) is 9.69. The molecule has 0 aliphatic rings. The molecule has 1 heterocycles. The molecule has 1 aromatic heterocycles. The zero-order valence-corrected chi connectivity index (χ0v) is 21.9. The zero-order valence-electron chi connectivity index (χ0n) is 21.9. The van der Waals surface area contributed by atoms with Gasteiger partial charge in [0.1, 0.15) is 17.1 Å². The Morgan fingerprint density at radius 3 is 1.63 bits per heavy atom. The molecule has 0 amide bonds. The molecule has 0 aliphatic heterocycles. The average molecular weight is 481 g/mol. The van der Waals surface area contributed by atoms with Crippen molar-refractivity contribution in [1.29, 1.82) is 0 Å². The third-order valence-corrected chi connectivity index (χ3v) is 6.69. The standard InChI is InChI=1S/C31H44O4/c1-3-5-7-9-11-13-15-21-33-25-17-19-27-28-20-18-26(24-30(28)35-31(32)29(27)23-25)34-22-16-14-12-10-8-6-4-2/h17-20,23-24H,3-16,21-22H2,1-2H3. The summed E-state index contributed by atoms with van der Waals surface area (Å²) in [6.45, 7) is 5.85. The number of benzene rings is 2. The van der Waals surface area contributed by atoms with Gasteiger partial charge in [0.25, 0.3) is 0 Å². The second kappa shape index (κ2) is 15.5. The van der Waals surface area contributed by atoms with Crippen LogP contribution in [0.25, 0.3) is 21.7 Å². The average Bonchev–Trinajstić information content (AvgIpc) is 2.87. The maximum atomic E-state index is 12.7. The lowest BCUT2D eigenvalue weighted by Gasteiger charge is -2.10. The topological polar surface area (TPSA) is 48.7 Å². The van der Waals surface area contributed by atoms with E-state index in [9.17, 15) is 4.79 Å². The summed E-state index contributed by atoms with van der Waals surface area (Å²) in [5, 5.41) is 2.37. The van der Waals surface area contributed by atoms with Gasteiger partial charge in [-0.3, -0.25) is 0 Å². The molecular formula is C31H44O4. The molecule has 0 fully saturated rings. The fraction of sp³-hybridized carbons (Fsp3) is 0.581. The molecule has 4 nitrogen and oxygen atoms in total. The van der Waals surface area contributed by atoms with Gasteiger partial charge in [0.2, 0.25) is 0 Å². The Morgan fingerprint density at radius 2 is 1.06 bits per heavy atom. The van der Waals surface area contributed by atoms with E-state index < -0.39 is 0 Å². The maximum absolute atomic E-state index is 12.7. The van der Waals surface area contributed by atoms with Crippen LogP contribution in [0.5, 0.6) is 11.5 Å². The van der Waals surface area contributed by atoms with Crippen molar-refractivity contribution in [3.05, 3.63) is 46.8 Å². The lowest BCUT2D eigenvalue weighted by Crippen LogP contribution is -2.02. The van der Waals surface area contributed by atoms with Crippen LogP contribution in [-0.2, 0) is 0 Å². The van der Waals surface area contributed by atoms with Gasteiger partial charge >= 0.3 is 5.63 Å². The summed E-state index contributed by atoms with van der Waals surface area (Å²) in [6.07, 6.45) is 17.5. The molecule has 192 valence electrons. The van der Waals surface area contributed by atoms with Gasteiger partial charge in [-0.25, -0.2) is 4.79 Å². The number of rotatable bonds is 18. The van der Waals surface area contributed by atoms with Gasteiger partial charge in [0.15, 0.2) is 0 Å². The SMILES string of the molecule is CCCCCCCCCOc1ccc2c(c1)oc(=O)c1cc(OCCCCCCCCC)ccc12. The van der Waals surface area contributed by atoms with Crippen LogP contribution < -0.4 is 15.1 Å². The highest BCUT2D eigenvalue weighted by Crippen LogP contribution is 2.29. The summed E-state index contributed by atoms with van der Waals surface area (Å²) < 4.78 is 17.5. The molecule has 0 radical (unpaired) electrons. The van der Waals surface area contributed by atoms with E-state index in [1.807, 2.05) is 36.4 Å². The molecule has 3 aromatic rings. The smallest absolute Gasteiger partial charge is 0.344 e. The van der Waals surface area contributed by atoms with Crippen molar-refractivity contribution in [3.63, 3.8) is 0 Å². The summed E-state index contributed by atoms with van der Waals surface area (Å²) in [7, 11) is 0. The van der Waals surface area contributed by atoms with E-state index in [4.69, 9.17) is 13.9 Å². The minimum atomic E-state index is -0.335. The van der Waals surface area contributed by atoms with Gasteiger partial charge in [-0.1, -0.05) is 90.9 Å². The summed E-state index contributed by atoms with van der Waals surface area (Å²) >= 11 is 0. The van der Waals surface area contributed by atoms with Crippen molar-refractivity contribution in [1.82, 2.24) is 0 Å². The summed E-state index contributed by atoms with van der Waals surface area (Å²) in [5.74, 6) is 1.48. The first-order valence-corrected chi connectivity index (χ1v) is 14.0. The van der Waals surface area contributed by atoms with Crippen LogP contribution in [0.3, 0.4) is 0 Å². The first kappa shape index (κ1) is 27.1. The van der Waals surface area contributed by atoms with Gasteiger partial charge in [0.05, 0.1) is 18.6 Å². The van der Waals surface area contributed by atoms with Gasteiger partial charge < -0.3 is 13.9 Å². The molecule has 3 rings (SSSR count). The maximum Gasteiger partial charge on any atom is 0.344 e. The molecule has 0 N–H and O–H groups in total. The normalized spacial score (nSPS) is 11.4. The van der Waals surface area contributed by atoms with Crippen LogP contribution in [0.4, 0.5) is 0 Å². The third kappa shape index (κ3) is 8.91. The lowest BCUT2D eigenvalue weighted by atomic mass is 10.1. The Kier molecular flexibility index (Phi) is 12.0. The van der Waals surface area contributed by atoms with Crippen molar-refractivity contribution in [2.24, 2.45) is 0 Å². The van der Waals surface area contributed by atoms with Crippen LogP contribution >= 0.6 is 0 Å². The van der Waals surface area contributed by atoms with Crippen LogP contribution in [0.1, 0.15) is 104 Å². The number of unbranched alkanes of at least 4 members (excludes halogenated alkanes) is 12. The Labute approximate surface area is 211 Å². The van der Waals surface area contributed by atoms with E-state index in [1.165, 1.54) is 77.0 Å². The summed E-state index contributed by atoms with van der Waals surface area (Å²) in [4.78, 5) is 12.7. The van der Waals surface area contributed by atoms with E-state index >= 15 is 0 Å². The van der Waals surface area contributed by atoms with Gasteiger partial charge in [-0.2, -0.15) is 0 Å². The molecule has 0 spiro atoms. The van der Waals surface area contributed by atoms with Gasteiger partial charge in [-0.15, -0.1) is 0 Å². The number of ether oxygens (including phenoxy) is 2. The highest BCUT2D eigenvalue weighted by molar-refractivity contribution is 6.04. The molecule has 0 saturated heterocycles. The zero-order chi connectivity index (χ0) is 24.7. The monoisotopic (exact) mass is 480 g/mol. The quantitative estimate of drug-likeness (QED) is 0.103. The van der Waals surface area contributed by atoms with Crippen molar-refractivity contribution in [2.75, 3.05) is 13.2 Å². The minimum Gasteiger partial charge on any atom is -0.494 e.